The molecule has 3 N–H and O–H groups in total. The van der Waals surface area contributed by atoms with E-state index < -0.39 is 0 Å². The minimum atomic E-state index is -0.338. The van der Waals surface area contributed by atoms with Crippen molar-refractivity contribution in [1.82, 2.24) is 10.2 Å². The number of rotatable bonds is 2. The number of fused-ring (bicyclic) bond motifs is 2. The molecule has 3 aromatic carbocycles. The van der Waals surface area contributed by atoms with Gasteiger partial charge in [0.1, 0.15) is 11.6 Å². The van der Waals surface area contributed by atoms with Crippen molar-refractivity contribution in [1.29, 1.82) is 5.26 Å². The summed E-state index contributed by atoms with van der Waals surface area (Å²) in [4.78, 5) is 0. The Morgan fingerprint density at radius 3 is 2.50 bits per heavy atom. The Labute approximate surface area is 161 Å². The third kappa shape index (κ3) is 2.43. The van der Waals surface area contributed by atoms with Gasteiger partial charge in [0, 0.05) is 5.56 Å². The van der Waals surface area contributed by atoms with Gasteiger partial charge >= 0.3 is 0 Å². The van der Waals surface area contributed by atoms with Gasteiger partial charge in [-0.05, 0) is 22.4 Å². The summed E-state index contributed by atoms with van der Waals surface area (Å²) < 4.78 is 5.67. The van der Waals surface area contributed by atoms with Crippen LogP contribution in [0.15, 0.2) is 84.3 Å². The monoisotopic (exact) mass is 364 g/mol. The molecular formula is C23H16N4O. The molecule has 0 saturated heterocycles. The number of benzene rings is 3. The largest absolute Gasteiger partial charge is 0.420 e. The number of ether oxygens (including phenoxy) is 1. The minimum Gasteiger partial charge on any atom is -0.420 e. The summed E-state index contributed by atoms with van der Waals surface area (Å²) in [6, 6.07) is 26.5. The van der Waals surface area contributed by atoms with Gasteiger partial charge in [-0.15, -0.1) is 5.10 Å². The Morgan fingerprint density at radius 2 is 1.71 bits per heavy atom. The van der Waals surface area contributed by atoms with Crippen LogP contribution in [-0.2, 0) is 0 Å². The van der Waals surface area contributed by atoms with E-state index in [1.807, 2.05) is 48.5 Å². The van der Waals surface area contributed by atoms with Gasteiger partial charge in [0.2, 0.25) is 11.8 Å². The summed E-state index contributed by atoms with van der Waals surface area (Å²) >= 11 is 0. The Balaban J connectivity index is 1.74. The number of nitrogens with one attached hydrogen (secondary N) is 1. The lowest BCUT2D eigenvalue weighted by Crippen LogP contribution is -2.20. The molecule has 0 spiro atoms. The van der Waals surface area contributed by atoms with Crippen molar-refractivity contribution in [3.8, 4) is 23.2 Å². The molecule has 134 valence electrons. The average Bonchev–Trinajstić information content (AvgIpc) is 3.16. The highest BCUT2D eigenvalue weighted by molar-refractivity contribution is 5.87. The maximum absolute atomic E-state index is 9.76. The van der Waals surface area contributed by atoms with E-state index in [1.165, 1.54) is 0 Å². The molecule has 5 rings (SSSR count). The number of H-pyrrole nitrogens is 1. The van der Waals surface area contributed by atoms with E-state index in [1.54, 1.807) is 0 Å². The van der Waals surface area contributed by atoms with E-state index in [-0.39, 0.29) is 11.8 Å². The van der Waals surface area contributed by atoms with Gasteiger partial charge in [0.05, 0.1) is 17.2 Å². The van der Waals surface area contributed by atoms with E-state index >= 15 is 0 Å². The van der Waals surface area contributed by atoms with Gasteiger partial charge in [-0.2, -0.15) is 5.26 Å². The number of hydrogen-bond acceptors (Lipinski definition) is 4. The van der Waals surface area contributed by atoms with Crippen molar-refractivity contribution in [2.45, 2.75) is 5.92 Å². The van der Waals surface area contributed by atoms with Crippen molar-refractivity contribution in [2.75, 3.05) is 0 Å². The highest BCUT2D eigenvalue weighted by Crippen LogP contribution is 2.45. The second-order valence-corrected chi connectivity index (χ2v) is 6.71. The highest BCUT2D eigenvalue weighted by Gasteiger charge is 2.35. The summed E-state index contributed by atoms with van der Waals surface area (Å²) in [6.07, 6.45) is 0. The number of hydrogen-bond donors (Lipinski definition) is 2. The molecule has 0 unspecified atom stereocenters. The van der Waals surface area contributed by atoms with Crippen LogP contribution in [0.2, 0.25) is 0 Å². The van der Waals surface area contributed by atoms with Crippen molar-refractivity contribution in [3.63, 3.8) is 0 Å². The third-order valence-electron chi connectivity index (χ3n) is 5.11. The zero-order valence-electron chi connectivity index (χ0n) is 14.9. The molecule has 28 heavy (non-hydrogen) atoms. The summed E-state index contributed by atoms with van der Waals surface area (Å²) in [5, 5.41) is 19.5. The molecular weight excluding hydrogens is 348 g/mol. The van der Waals surface area contributed by atoms with E-state index in [4.69, 9.17) is 10.5 Å². The van der Waals surface area contributed by atoms with Gasteiger partial charge < -0.3 is 10.5 Å². The molecule has 0 bridgehead atoms. The topological polar surface area (TPSA) is 87.7 Å². The molecule has 0 radical (unpaired) electrons. The lowest BCUT2D eigenvalue weighted by Gasteiger charge is -2.24. The summed E-state index contributed by atoms with van der Waals surface area (Å²) in [5.74, 6) is 0.170. The smallest absolute Gasteiger partial charge is 0.244 e. The maximum atomic E-state index is 9.76. The number of aromatic nitrogens is 2. The van der Waals surface area contributed by atoms with Crippen molar-refractivity contribution in [3.05, 3.63) is 95.4 Å². The van der Waals surface area contributed by atoms with Crippen LogP contribution in [0, 0.1) is 11.3 Å². The predicted molar refractivity (Wildman–Crippen MR) is 107 cm³/mol. The molecule has 0 fully saturated rings. The standard InChI is InChI=1S/C23H16N4O/c24-13-18-19(15-7-2-1-3-8-15)20-21(26-27-23(20)28-22(18)25)17-11-10-14-6-4-5-9-16(14)12-17/h1-12,19H,25H2,(H,26,27)/t19-/m0/s1. The second-order valence-electron chi connectivity index (χ2n) is 6.71. The van der Waals surface area contributed by atoms with Crippen LogP contribution >= 0.6 is 0 Å². The van der Waals surface area contributed by atoms with Crippen LogP contribution in [0.25, 0.3) is 22.0 Å². The number of nitrogens with two attached hydrogens (primary N) is 1. The fourth-order valence-electron chi connectivity index (χ4n) is 3.79. The summed E-state index contributed by atoms with van der Waals surface area (Å²) in [7, 11) is 0. The average molecular weight is 364 g/mol. The molecule has 5 nitrogen and oxygen atoms in total. The Hall–Kier alpha value is -4.04. The Bertz CT molecular complexity index is 1260. The number of nitrogens with zero attached hydrogens (tertiary/aromatic N) is 2. The van der Waals surface area contributed by atoms with Gasteiger partial charge in [-0.25, -0.2) is 0 Å². The zero-order chi connectivity index (χ0) is 19.1. The van der Waals surface area contributed by atoms with Gasteiger partial charge in [0.15, 0.2) is 0 Å². The fraction of sp³-hybridized carbons (Fsp3) is 0.0435. The first-order valence-corrected chi connectivity index (χ1v) is 8.96. The molecule has 1 aromatic heterocycles. The third-order valence-corrected chi connectivity index (χ3v) is 5.11. The molecule has 0 amide bonds. The van der Waals surface area contributed by atoms with Crippen LogP contribution in [-0.4, -0.2) is 10.2 Å². The molecule has 0 aliphatic carbocycles. The molecule has 2 heterocycles. The van der Waals surface area contributed by atoms with E-state index in [2.05, 4.69) is 40.5 Å². The molecule has 5 heteroatoms. The molecule has 1 atom stereocenters. The molecule has 1 aliphatic heterocycles. The first-order valence-electron chi connectivity index (χ1n) is 8.96. The lowest BCUT2D eigenvalue weighted by atomic mass is 9.83. The van der Waals surface area contributed by atoms with Crippen LogP contribution in [0.1, 0.15) is 17.0 Å². The molecule has 4 aromatic rings. The SMILES string of the molecule is N#CC1=C(N)Oc2n[nH]c(-c3ccc4ccccc4c3)c2[C@H]1c1ccccc1. The zero-order valence-corrected chi connectivity index (χ0v) is 14.9. The minimum absolute atomic E-state index is 0.0976. The Morgan fingerprint density at radius 1 is 0.964 bits per heavy atom. The molecule has 0 saturated carbocycles. The highest BCUT2D eigenvalue weighted by atomic mass is 16.5. The van der Waals surface area contributed by atoms with Crippen molar-refractivity contribution >= 4 is 10.8 Å². The number of allylic oxidation sites excluding steroid dienone is 1. The van der Waals surface area contributed by atoms with E-state index in [0.29, 0.717) is 11.5 Å². The Kier molecular flexibility index (Phi) is 3.63. The first-order chi connectivity index (χ1) is 13.8. The fourth-order valence-corrected chi connectivity index (χ4v) is 3.79. The maximum Gasteiger partial charge on any atom is 0.244 e. The quantitative estimate of drug-likeness (QED) is 0.550. The van der Waals surface area contributed by atoms with Crippen LogP contribution in [0.3, 0.4) is 0 Å². The van der Waals surface area contributed by atoms with Crippen LogP contribution in [0.5, 0.6) is 5.88 Å². The lowest BCUT2D eigenvalue weighted by molar-refractivity contribution is 0.379. The number of nitriles is 1. The van der Waals surface area contributed by atoms with Crippen molar-refractivity contribution < 1.29 is 4.74 Å². The van der Waals surface area contributed by atoms with Gasteiger partial charge in [-0.1, -0.05) is 66.7 Å². The van der Waals surface area contributed by atoms with E-state index in [9.17, 15) is 5.26 Å². The van der Waals surface area contributed by atoms with Crippen LogP contribution in [0.4, 0.5) is 0 Å². The normalized spacial score (nSPS) is 15.8. The summed E-state index contributed by atoms with van der Waals surface area (Å²) in [6.45, 7) is 0. The van der Waals surface area contributed by atoms with Crippen molar-refractivity contribution in [2.24, 2.45) is 5.73 Å². The summed E-state index contributed by atoms with van der Waals surface area (Å²) in [5.41, 5.74) is 10.0. The van der Waals surface area contributed by atoms with Gasteiger partial charge in [0.25, 0.3) is 0 Å². The predicted octanol–water partition coefficient (Wildman–Crippen LogP) is 4.45. The molecule has 1 aliphatic rings. The van der Waals surface area contributed by atoms with Gasteiger partial charge in [-0.3, -0.25) is 5.10 Å². The first kappa shape index (κ1) is 16.2. The van der Waals surface area contributed by atoms with E-state index in [0.717, 1.165) is 33.2 Å². The number of aromatic amines is 1. The van der Waals surface area contributed by atoms with Crippen LogP contribution < -0.4 is 10.5 Å². The second kappa shape index (κ2) is 6.29.